The number of esters is 1. The molecule has 1 aromatic carbocycles. The lowest BCUT2D eigenvalue weighted by Gasteiger charge is -2.29. The predicted octanol–water partition coefficient (Wildman–Crippen LogP) is 3.68. The quantitative estimate of drug-likeness (QED) is 0.334. The Morgan fingerprint density at radius 3 is 2.08 bits per heavy atom. The number of carbonyl (C=O) groups excluding carboxylic acids is 2. The summed E-state index contributed by atoms with van der Waals surface area (Å²) in [6.07, 6.45) is -0.160. The highest BCUT2D eigenvalue weighted by Crippen LogP contribution is 2.62. The molecule has 0 saturated heterocycles. The molecule has 25 heavy (non-hydrogen) atoms. The fourth-order valence-corrected chi connectivity index (χ4v) is 4.04. The van der Waals surface area contributed by atoms with Gasteiger partial charge in [-0.25, -0.2) is 9.18 Å². The summed E-state index contributed by atoms with van der Waals surface area (Å²) in [6, 6.07) is 8.89. The van der Waals surface area contributed by atoms with E-state index < -0.39 is 24.8 Å². The summed E-state index contributed by atoms with van der Waals surface area (Å²) in [6.45, 7) is 3.84. The van der Waals surface area contributed by atoms with E-state index in [0.717, 1.165) is 5.56 Å². The molecule has 0 aromatic heterocycles. The minimum absolute atomic E-state index is 0.172. The van der Waals surface area contributed by atoms with Crippen LogP contribution in [0.3, 0.4) is 0 Å². The molecule has 0 radical (unpaired) electrons. The van der Waals surface area contributed by atoms with E-state index in [9.17, 15) is 14.2 Å². The molecule has 0 amide bonds. The number of alkyl halides is 1. The van der Waals surface area contributed by atoms with Crippen LogP contribution in [0.2, 0.25) is 0 Å². The van der Waals surface area contributed by atoms with Gasteiger partial charge in [0.25, 0.3) is 0 Å². The minimum atomic E-state index is -4.70. The highest BCUT2D eigenvalue weighted by atomic mass is 31.2. The van der Waals surface area contributed by atoms with E-state index >= 15 is 4.39 Å². The van der Waals surface area contributed by atoms with Crippen LogP contribution in [0.5, 0.6) is 0 Å². The van der Waals surface area contributed by atoms with E-state index in [4.69, 9.17) is 9.05 Å². The van der Waals surface area contributed by atoms with Crippen LogP contribution in [0, 0.1) is 0 Å². The standard InChI is InChI=1S/C17H24FO6P/c1-4-22-16(20)17(18,25(21,23-5-2)24-6-3)15(19)13-12-14-10-8-7-9-11-14/h7-11H,4-6,12-13H2,1-3H3. The van der Waals surface area contributed by atoms with Crippen molar-refractivity contribution in [3.05, 3.63) is 35.9 Å². The van der Waals surface area contributed by atoms with E-state index in [1.165, 1.54) is 20.8 Å². The van der Waals surface area contributed by atoms with Gasteiger partial charge >= 0.3 is 19.0 Å². The molecule has 1 rings (SSSR count). The van der Waals surface area contributed by atoms with Gasteiger partial charge in [0.15, 0.2) is 5.78 Å². The van der Waals surface area contributed by atoms with Crippen LogP contribution in [0.4, 0.5) is 4.39 Å². The Kier molecular flexibility index (Phi) is 8.42. The largest absolute Gasteiger partial charge is 0.463 e. The molecular weight excluding hydrogens is 350 g/mol. The second-order valence-corrected chi connectivity index (χ2v) is 7.21. The summed E-state index contributed by atoms with van der Waals surface area (Å²) in [5, 5.41) is -3.48. The fourth-order valence-electron chi connectivity index (χ4n) is 2.23. The first-order chi connectivity index (χ1) is 11.9. The SMILES string of the molecule is CCOC(=O)C(F)(C(=O)CCc1ccccc1)P(=O)(OCC)OCC. The molecule has 0 N–H and O–H groups in total. The summed E-state index contributed by atoms with van der Waals surface area (Å²) in [7, 11) is -4.70. The van der Waals surface area contributed by atoms with Gasteiger partial charge in [0, 0.05) is 6.42 Å². The van der Waals surface area contributed by atoms with Gasteiger partial charge in [-0.3, -0.25) is 9.36 Å². The number of aryl methyl sites for hydroxylation is 1. The number of halogens is 1. The molecule has 140 valence electrons. The molecule has 0 fully saturated rings. The van der Waals surface area contributed by atoms with E-state index in [-0.39, 0.29) is 32.7 Å². The molecule has 0 saturated carbocycles. The van der Waals surface area contributed by atoms with Crippen LogP contribution < -0.4 is 0 Å². The van der Waals surface area contributed by atoms with Crippen LogP contribution in [-0.2, 0) is 34.4 Å². The van der Waals surface area contributed by atoms with Gasteiger partial charge in [-0.15, -0.1) is 0 Å². The van der Waals surface area contributed by atoms with Crippen molar-refractivity contribution < 1.29 is 32.3 Å². The molecule has 1 aromatic rings. The maximum absolute atomic E-state index is 15.6. The number of hydrogen-bond donors (Lipinski definition) is 0. The van der Waals surface area contributed by atoms with Crippen LogP contribution in [0.15, 0.2) is 30.3 Å². The van der Waals surface area contributed by atoms with Gasteiger partial charge in [0.05, 0.1) is 19.8 Å². The van der Waals surface area contributed by atoms with E-state index in [1.807, 2.05) is 6.07 Å². The number of Topliss-reactive ketones (excluding diaryl/α,β-unsaturated/α-hetero) is 1. The van der Waals surface area contributed by atoms with E-state index in [2.05, 4.69) is 4.74 Å². The zero-order chi connectivity index (χ0) is 18.9. The lowest BCUT2D eigenvalue weighted by Crippen LogP contribution is -2.44. The zero-order valence-corrected chi connectivity index (χ0v) is 15.6. The first-order valence-electron chi connectivity index (χ1n) is 8.18. The van der Waals surface area contributed by atoms with Crippen molar-refractivity contribution in [3.63, 3.8) is 0 Å². The number of ketones is 1. The highest BCUT2D eigenvalue weighted by Gasteiger charge is 2.64. The highest BCUT2D eigenvalue weighted by molar-refractivity contribution is 7.57. The average molecular weight is 374 g/mol. The maximum atomic E-state index is 15.6. The summed E-state index contributed by atoms with van der Waals surface area (Å²) in [4.78, 5) is 24.7. The Hall–Kier alpha value is -1.56. The van der Waals surface area contributed by atoms with Gasteiger partial charge < -0.3 is 13.8 Å². The van der Waals surface area contributed by atoms with Gasteiger partial charge in [0.2, 0.25) is 0 Å². The third-order valence-corrected chi connectivity index (χ3v) is 5.76. The lowest BCUT2D eigenvalue weighted by molar-refractivity contribution is -0.157. The number of benzene rings is 1. The number of carbonyl (C=O) groups is 2. The van der Waals surface area contributed by atoms with Gasteiger partial charge in [-0.1, -0.05) is 30.3 Å². The fraction of sp³-hybridized carbons (Fsp3) is 0.529. The molecule has 0 spiro atoms. The smallest absolute Gasteiger partial charge is 0.387 e. The van der Waals surface area contributed by atoms with Crippen molar-refractivity contribution in [2.45, 2.75) is 39.0 Å². The molecule has 0 aliphatic heterocycles. The zero-order valence-electron chi connectivity index (χ0n) is 14.7. The summed E-state index contributed by atoms with van der Waals surface area (Å²) in [5.41, 5.74) is 0.782. The van der Waals surface area contributed by atoms with Crippen molar-refractivity contribution in [2.24, 2.45) is 0 Å². The maximum Gasteiger partial charge on any atom is 0.387 e. The molecular formula is C17H24FO6P. The molecule has 1 unspecified atom stereocenters. The molecule has 1 atom stereocenters. The van der Waals surface area contributed by atoms with Crippen molar-refractivity contribution in [3.8, 4) is 0 Å². The molecule has 0 aliphatic carbocycles. The van der Waals surface area contributed by atoms with Crippen molar-refractivity contribution >= 4 is 19.3 Å². The Morgan fingerprint density at radius 1 is 1.04 bits per heavy atom. The first-order valence-corrected chi connectivity index (χ1v) is 9.72. The second-order valence-electron chi connectivity index (χ2n) is 5.08. The van der Waals surface area contributed by atoms with Gasteiger partial charge in [0.1, 0.15) is 0 Å². The summed E-state index contributed by atoms with van der Waals surface area (Å²) in [5.74, 6) is -2.72. The Labute approximate surface area is 147 Å². The Morgan fingerprint density at radius 2 is 1.60 bits per heavy atom. The molecule has 8 heteroatoms. The average Bonchev–Trinajstić information content (AvgIpc) is 2.60. The Bertz CT molecular complexity index is 611. The second kappa shape index (κ2) is 9.80. The molecule has 6 nitrogen and oxygen atoms in total. The van der Waals surface area contributed by atoms with E-state index in [0.29, 0.717) is 0 Å². The van der Waals surface area contributed by atoms with E-state index in [1.54, 1.807) is 24.3 Å². The van der Waals surface area contributed by atoms with Gasteiger partial charge in [-0.2, -0.15) is 0 Å². The van der Waals surface area contributed by atoms with Gasteiger partial charge in [-0.05, 0) is 32.8 Å². The van der Waals surface area contributed by atoms with Crippen LogP contribution in [0.1, 0.15) is 32.8 Å². The minimum Gasteiger partial charge on any atom is -0.463 e. The topological polar surface area (TPSA) is 78.9 Å². The number of rotatable bonds is 11. The van der Waals surface area contributed by atoms with Crippen LogP contribution in [-0.4, -0.2) is 37.0 Å². The first kappa shape index (κ1) is 21.5. The molecule has 0 aliphatic rings. The predicted molar refractivity (Wildman–Crippen MR) is 91.1 cm³/mol. The summed E-state index contributed by atoms with van der Waals surface area (Å²) >= 11 is 0. The number of hydrogen-bond acceptors (Lipinski definition) is 6. The molecule has 0 heterocycles. The normalized spacial score (nSPS) is 13.9. The Balaban J connectivity index is 3.14. The third-order valence-electron chi connectivity index (χ3n) is 3.37. The lowest BCUT2D eigenvalue weighted by atomic mass is 10.1. The van der Waals surface area contributed by atoms with Crippen molar-refractivity contribution in [1.29, 1.82) is 0 Å². The van der Waals surface area contributed by atoms with Crippen LogP contribution >= 0.6 is 7.60 Å². The summed E-state index contributed by atoms with van der Waals surface area (Å²) < 4.78 is 42.9. The van der Waals surface area contributed by atoms with Crippen LogP contribution in [0.25, 0.3) is 0 Å². The molecule has 0 bridgehead atoms. The third kappa shape index (κ3) is 4.97. The monoisotopic (exact) mass is 374 g/mol. The van der Waals surface area contributed by atoms with Crippen molar-refractivity contribution in [2.75, 3.05) is 19.8 Å². The van der Waals surface area contributed by atoms with Crippen molar-refractivity contribution in [1.82, 2.24) is 0 Å². The number of ether oxygens (including phenoxy) is 1.